The van der Waals surface area contributed by atoms with Crippen LogP contribution in [0.4, 0.5) is 17.1 Å². The highest BCUT2D eigenvalue weighted by molar-refractivity contribution is 6.09. The van der Waals surface area contributed by atoms with E-state index in [1.807, 2.05) is 0 Å². The fraction of sp³-hybridized carbons (Fsp3) is 0.0256. The first kappa shape index (κ1) is 46.2. The van der Waals surface area contributed by atoms with E-state index < -0.39 is 10.8 Å². The van der Waals surface area contributed by atoms with E-state index in [4.69, 9.17) is 0 Å². The molecule has 1 heteroatoms. The van der Waals surface area contributed by atoms with Crippen LogP contribution in [0, 0.1) is 0 Å². The maximum absolute atomic E-state index is 2.56. The van der Waals surface area contributed by atoms with Gasteiger partial charge in [-0.15, -0.1) is 0 Å². The van der Waals surface area contributed by atoms with Crippen LogP contribution in [-0.2, 0) is 10.8 Å². The summed E-state index contributed by atoms with van der Waals surface area (Å²) in [5.41, 5.74) is 24.2. The Balaban J connectivity index is 1.02. The van der Waals surface area contributed by atoms with Gasteiger partial charge in [0.05, 0.1) is 22.2 Å². The number of anilines is 3. The molecule has 0 fully saturated rings. The highest BCUT2D eigenvalue weighted by Gasteiger charge is 2.48. The van der Waals surface area contributed by atoms with Gasteiger partial charge in [0.25, 0.3) is 0 Å². The standard InChI is InChI=1S/C78H53N/c1-6-26-54(27-7-1)63-42-24-28-55-29-25-43-69(76(55)63)68-41-19-23-47-75(68)79(61-49-51-67-65-40-17-21-45-71(65)78(73(67)53-61,59-34-12-4-13-35-59)60-36-14-5-15-37-60)74-46-22-18-38-62(74)56-48-50-66-64-39-16-20-44-70(64)77(72(66)52-56,57-30-8-2-9-31-57)58-32-10-3-11-33-58/h1-53H. The maximum atomic E-state index is 2.56. The molecule has 2 aliphatic carbocycles. The smallest absolute Gasteiger partial charge is 0.0714 e. The molecule has 370 valence electrons. The van der Waals surface area contributed by atoms with E-state index >= 15 is 0 Å². The maximum Gasteiger partial charge on any atom is 0.0714 e. The second kappa shape index (κ2) is 18.9. The van der Waals surface area contributed by atoms with Crippen molar-refractivity contribution in [3.8, 4) is 55.6 Å². The number of hydrogen-bond acceptors (Lipinski definition) is 1. The minimum Gasteiger partial charge on any atom is -0.309 e. The molecular formula is C78H53N. The third kappa shape index (κ3) is 7.10. The third-order valence-corrected chi connectivity index (χ3v) is 17.0. The molecule has 0 spiro atoms. The number of benzene rings is 13. The Morgan fingerprint density at radius 2 is 0.595 bits per heavy atom. The summed E-state index contributed by atoms with van der Waals surface area (Å²) in [4.78, 5) is 2.56. The topological polar surface area (TPSA) is 3.24 Å². The van der Waals surface area contributed by atoms with E-state index in [1.165, 1.54) is 94.2 Å². The van der Waals surface area contributed by atoms with Crippen molar-refractivity contribution in [3.63, 3.8) is 0 Å². The average molecular weight is 1000 g/mol. The highest BCUT2D eigenvalue weighted by atomic mass is 15.1. The van der Waals surface area contributed by atoms with Crippen molar-refractivity contribution in [2.24, 2.45) is 0 Å². The summed E-state index contributed by atoms with van der Waals surface area (Å²) in [5, 5.41) is 2.43. The Hall–Kier alpha value is -10.1. The van der Waals surface area contributed by atoms with Gasteiger partial charge in [0.1, 0.15) is 0 Å². The number of fused-ring (bicyclic) bond motifs is 7. The van der Waals surface area contributed by atoms with Crippen LogP contribution in [0.15, 0.2) is 322 Å². The van der Waals surface area contributed by atoms with Gasteiger partial charge in [0.2, 0.25) is 0 Å². The van der Waals surface area contributed by atoms with Crippen LogP contribution < -0.4 is 4.90 Å². The van der Waals surface area contributed by atoms with E-state index in [1.54, 1.807) is 0 Å². The first-order valence-corrected chi connectivity index (χ1v) is 27.5. The van der Waals surface area contributed by atoms with Crippen LogP contribution in [0.25, 0.3) is 66.4 Å². The van der Waals surface area contributed by atoms with Gasteiger partial charge >= 0.3 is 0 Å². The summed E-state index contributed by atoms with van der Waals surface area (Å²) in [5.74, 6) is 0. The molecule has 1 nitrogen and oxygen atoms in total. The van der Waals surface area contributed by atoms with Crippen LogP contribution in [0.2, 0.25) is 0 Å². The van der Waals surface area contributed by atoms with Gasteiger partial charge in [0.15, 0.2) is 0 Å². The molecule has 0 aliphatic heterocycles. The first-order chi connectivity index (χ1) is 39.2. The lowest BCUT2D eigenvalue weighted by molar-refractivity contribution is 0.768. The van der Waals surface area contributed by atoms with Crippen LogP contribution in [0.1, 0.15) is 44.5 Å². The van der Waals surface area contributed by atoms with Gasteiger partial charge in [-0.1, -0.05) is 291 Å². The van der Waals surface area contributed by atoms with Crippen molar-refractivity contribution < 1.29 is 0 Å². The molecule has 0 saturated heterocycles. The molecule has 0 heterocycles. The van der Waals surface area contributed by atoms with Crippen LogP contribution in [0.5, 0.6) is 0 Å². The Kier molecular flexibility index (Phi) is 11.1. The Bertz CT molecular complexity index is 4330. The van der Waals surface area contributed by atoms with Crippen molar-refractivity contribution in [2.45, 2.75) is 10.8 Å². The lowest BCUT2D eigenvalue weighted by Gasteiger charge is -2.35. The highest BCUT2D eigenvalue weighted by Crippen LogP contribution is 2.60. The predicted molar refractivity (Wildman–Crippen MR) is 330 cm³/mol. The zero-order valence-electron chi connectivity index (χ0n) is 43.5. The predicted octanol–water partition coefficient (Wildman–Crippen LogP) is 20.0. The Labute approximate surface area is 462 Å². The minimum absolute atomic E-state index is 0.552. The molecular weight excluding hydrogens is 951 g/mol. The third-order valence-electron chi connectivity index (χ3n) is 17.0. The summed E-state index contributed by atoms with van der Waals surface area (Å²) < 4.78 is 0. The molecule has 0 amide bonds. The normalized spacial score (nSPS) is 13.3. The van der Waals surface area contributed by atoms with Crippen LogP contribution >= 0.6 is 0 Å². The summed E-state index contributed by atoms with van der Waals surface area (Å²) in [7, 11) is 0. The molecule has 0 aromatic heterocycles. The van der Waals surface area contributed by atoms with Crippen LogP contribution in [0.3, 0.4) is 0 Å². The van der Waals surface area contributed by atoms with Crippen molar-refractivity contribution in [3.05, 3.63) is 366 Å². The zero-order chi connectivity index (χ0) is 52.3. The molecule has 13 aromatic carbocycles. The minimum atomic E-state index is -0.595. The Morgan fingerprint density at radius 3 is 1.13 bits per heavy atom. The largest absolute Gasteiger partial charge is 0.309 e. The molecule has 13 aromatic rings. The van der Waals surface area contributed by atoms with Crippen molar-refractivity contribution in [1.82, 2.24) is 0 Å². The summed E-state index contributed by atoms with van der Waals surface area (Å²) in [6.45, 7) is 0. The summed E-state index contributed by atoms with van der Waals surface area (Å²) >= 11 is 0. The van der Waals surface area contributed by atoms with Gasteiger partial charge in [0, 0.05) is 16.8 Å². The molecule has 0 atom stereocenters. The first-order valence-electron chi connectivity index (χ1n) is 27.5. The number of rotatable bonds is 10. The van der Waals surface area contributed by atoms with Crippen molar-refractivity contribution >= 4 is 27.8 Å². The summed E-state index contributed by atoms with van der Waals surface area (Å²) in [6.07, 6.45) is 0. The number of hydrogen-bond donors (Lipinski definition) is 0. The molecule has 0 saturated carbocycles. The SMILES string of the molecule is c1ccc(-c2cccc3cccc(-c4ccccc4N(c4ccc5c(c4)C(c4ccccc4)(c4ccccc4)c4ccccc4-5)c4ccccc4-c4ccc5c(c4)C(c4ccccc4)(c4ccccc4)c4ccccc4-5)c23)cc1. The van der Waals surface area contributed by atoms with Gasteiger partial charge < -0.3 is 4.90 Å². The fourth-order valence-corrected chi connectivity index (χ4v) is 13.8. The van der Waals surface area contributed by atoms with Crippen LogP contribution in [-0.4, -0.2) is 0 Å². The fourth-order valence-electron chi connectivity index (χ4n) is 13.8. The second-order valence-electron chi connectivity index (χ2n) is 21.0. The summed E-state index contributed by atoms with van der Waals surface area (Å²) in [6, 6.07) is 120. The molecule has 2 aliphatic rings. The molecule has 0 radical (unpaired) electrons. The zero-order valence-corrected chi connectivity index (χ0v) is 43.5. The van der Waals surface area contributed by atoms with E-state index in [0.29, 0.717) is 0 Å². The van der Waals surface area contributed by atoms with Crippen molar-refractivity contribution in [1.29, 1.82) is 0 Å². The lowest BCUT2D eigenvalue weighted by Crippen LogP contribution is -2.28. The number of para-hydroxylation sites is 2. The average Bonchev–Trinajstić information content (AvgIpc) is 4.07. The van der Waals surface area contributed by atoms with E-state index in [0.717, 1.165) is 33.8 Å². The number of nitrogens with zero attached hydrogens (tertiary/aromatic N) is 1. The Morgan fingerprint density at radius 1 is 0.215 bits per heavy atom. The lowest BCUT2D eigenvalue weighted by atomic mass is 9.67. The molecule has 0 N–H and O–H groups in total. The van der Waals surface area contributed by atoms with Gasteiger partial charge in [-0.3, -0.25) is 0 Å². The second-order valence-corrected chi connectivity index (χ2v) is 21.0. The van der Waals surface area contributed by atoms with Gasteiger partial charge in [-0.25, -0.2) is 0 Å². The van der Waals surface area contributed by atoms with Gasteiger partial charge in [-0.05, 0) is 130 Å². The van der Waals surface area contributed by atoms with E-state index in [2.05, 4.69) is 326 Å². The molecule has 0 bridgehead atoms. The van der Waals surface area contributed by atoms with Gasteiger partial charge in [-0.2, -0.15) is 0 Å². The molecule has 0 unspecified atom stereocenters. The van der Waals surface area contributed by atoms with E-state index in [9.17, 15) is 0 Å². The molecule has 15 rings (SSSR count). The quantitative estimate of drug-likeness (QED) is 0.132. The van der Waals surface area contributed by atoms with Crippen molar-refractivity contribution in [2.75, 3.05) is 4.90 Å². The van der Waals surface area contributed by atoms with E-state index in [-0.39, 0.29) is 0 Å². The molecule has 79 heavy (non-hydrogen) atoms. The monoisotopic (exact) mass is 1000 g/mol.